The highest BCUT2D eigenvalue weighted by Gasteiger charge is 2.25. The third-order valence-corrected chi connectivity index (χ3v) is 6.46. The van der Waals surface area contributed by atoms with Gasteiger partial charge in [0.2, 0.25) is 5.95 Å². The van der Waals surface area contributed by atoms with Crippen molar-refractivity contribution in [3.8, 4) is 11.1 Å². The first-order chi connectivity index (χ1) is 16.2. The van der Waals surface area contributed by atoms with E-state index in [0.717, 1.165) is 47.9 Å². The first kappa shape index (κ1) is 23.9. The zero-order chi connectivity index (χ0) is 24.4. The van der Waals surface area contributed by atoms with E-state index in [1.165, 1.54) is 12.3 Å². The van der Waals surface area contributed by atoms with Gasteiger partial charge in [-0.25, -0.2) is 9.50 Å². The van der Waals surface area contributed by atoms with E-state index in [1.54, 1.807) is 17.6 Å². The zero-order valence-corrected chi connectivity index (χ0v) is 20.2. The van der Waals surface area contributed by atoms with E-state index in [4.69, 9.17) is 0 Å². The maximum Gasteiger partial charge on any atom is 0.255 e. The molecule has 0 spiro atoms. The van der Waals surface area contributed by atoms with Gasteiger partial charge in [-0.2, -0.15) is 9.49 Å². The molecule has 3 heterocycles. The number of hydrogen-bond acceptors (Lipinski definition) is 5. The molecule has 1 aliphatic carbocycles. The second-order valence-corrected chi connectivity index (χ2v) is 9.71. The van der Waals surface area contributed by atoms with E-state index in [0.29, 0.717) is 23.6 Å². The van der Waals surface area contributed by atoms with Crippen molar-refractivity contribution in [2.45, 2.75) is 71.9 Å². The molecule has 1 fully saturated rings. The number of Topliss-reactive ketones (excluding diaryl/α,β-unsaturated/α-hetero) is 1. The molecule has 34 heavy (non-hydrogen) atoms. The molecule has 0 aliphatic heterocycles. The van der Waals surface area contributed by atoms with Crippen LogP contribution in [0.4, 0.5) is 10.1 Å². The van der Waals surface area contributed by atoms with E-state index in [2.05, 4.69) is 20.7 Å². The molecule has 0 atom stereocenters. The molecular formula is C26H32FN5O2. The number of anilines is 1. The number of pyridine rings is 1. The number of fused-ring (bicyclic) bond motifs is 1. The Morgan fingerprint density at radius 2 is 1.91 bits per heavy atom. The SMILES string of the molecule is CC(=O)CC1CCC(NC(=O)c2cnn3cc(-c4cnc(F)cc4C)cc3c2NC(C)C)CC1. The number of aryl methyl sites for hydroxylation is 1. The third-order valence-electron chi connectivity index (χ3n) is 6.46. The predicted molar refractivity (Wildman–Crippen MR) is 130 cm³/mol. The minimum Gasteiger partial charge on any atom is -0.380 e. The van der Waals surface area contributed by atoms with Crippen LogP contribution in [0.3, 0.4) is 0 Å². The van der Waals surface area contributed by atoms with Gasteiger partial charge in [-0.15, -0.1) is 0 Å². The molecule has 2 N–H and O–H groups in total. The number of rotatable bonds is 7. The molecule has 180 valence electrons. The van der Waals surface area contributed by atoms with Gasteiger partial charge in [0.1, 0.15) is 5.78 Å². The summed E-state index contributed by atoms with van der Waals surface area (Å²) in [5.41, 5.74) is 4.42. The van der Waals surface area contributed by atoms with E-state index >= 15 is 0 Å². The lowest BCUT2D eigenvalue weighted by molar-refractivity contribution is -0.118. The Hall–Kier alpha value is -3.29. The number of carbonyl (C=O) groups is 2. The van der Waals surface area contributed by atoms with Gasteiger partial charge in [-0.1, -0.05) is 0 Å². The fourth-order valence-electron chi connectivity index (χ4n) is 4.82. The highest BCUT2D eigenvalue weighted by Crippen LogP contribution is 2.31. The third kappa shape index (κ3) is 5.26. The van der Waals surface area contributed by atoms with Crippen LogP contribution in [0.2, 0.25) is 0 Å². The van der Waals surface area contributed by atoms with Gasteiger partial charge in [-0.3, -0.25) is 4.79 Å². The van der Waals surface area contributed by atoms with Crippen molar-refractivity contribution in [3.63, 3.8) is 0 Å². The summed E-state index contributed by atoms with van der Waals surface area (Å²) in [6, 6.07) is 3.55. The summed E-state index contributed by atoms with van der Waals surface area (Å²) in [7, 11) is 0. The maximum absolute atomic E-state index is 13.5. The first-order valence-electron chi connectivity index (χ1n) is 11.9. The second-order valence-electron chi connectivity index (χ2n) is 9.71. The van der Waals surface area contributed by atoms with Crippen LogP contribution in [-0.4, -0.2) is 38.4 Å². The van der Waals surface area contributed by atoms with Crippen molar-refractivity contribution >= 4 is 22.9 Å². The van der Waals surface area contributed by atoms with Crippen LogP contribution in [0.5, 0.6) is 0 Å². The molecule has 0 saturated heterocycles. The van der Waals surface area contributed by atoms with E-state index < -0.39 is 5.95 Å². The summed E-state index contributed by atoms with van der Waals surface area (Å²) in [4.78, 5) is 28.5. The number of aromatic nitrogens is 3. The summed E-state index contributed by atoms with van der Waals surface area (Å²) in [6.07, 6.45) is 9.25. The minimum absolute atomic E-state index is 0.0918. The maximum atomic E-state index is 13.5. The molecule has 3 aromatic rings. The molecule has 4 rings (SSSR count). The molecule has 3 aromatic heterocycles. The lowest BCUT2D eigenvalue weighted by Gasteiger charge is -2.29. The lowest BCUT2D eigenvalue weighted by Crippen LogP contribution is -2.38. The Labute approximate surface area is 199 Å². The molecule has 1 amide bonds. The highest BCUT2D eigenvalue weighted by molar-refractivity contribution is 6.03. The summed E-state index contributed by atoms with van der Waals surface area (Å²) in [6.45, 7) is 7.52. The van der Waals surface area contributed by atoms with Gasteiger partial charge < -0.3 is 15.4 Å². The van der Waals surface area contributed by atoms with Gasteiger partial charge in [-0.05, 0) is 77.0 Å². The van der Waals surface area contributed by atoms with Crippen molar-refractivity contribution < 1.29 is 14.0 Å². The molecular weight excluding hydrogens is 433 g/mol. The lowest BCUT2D eigenvalue weighted by atomic mass is 9.83. The Kier molecular flexibility index (Phi) is 6.95. The minimum atomic E-state index is -0.514. The summed E-state index contributed by atoms with van der Waals surface area (Å²) in [5, 5.41) is 11.1. The zero-order valence-electron chi connectivity index (χ0n) is 20.2. The Balaban J connectivity index is 1.60. The average Bonchev–Trinajstić information content (AvgIpc) is 3.19. The average molecular weight is 466 g/mol. The first-order valence-corrected chi connectivity index (χ1v) is 11.9. The highest BCUT2D eigenvalue weighted by atomic mass is 19.1. The Morgan fingerprint density at radius 1 is 1.18 bits per heavy atom. The number of nitrogens with zero attached hydrogens (tertiary/aromatic N) is 3. The van der Waals surface area contributed by atoms with Gasteiger partial charge >= 0.3 is 0 Å². The monoisotopic (exact) mass is 465 g/mol. The van der Waals surface area contributed by atoms with E-state index in [-0.39, 0.29) is 23.8 Å². The standard InChI is InChI=1S/C26H32FN5O2/c1-15(2)30-25-22(26(34)31-20-7-5-18(6-8-20)10-17(4)33)13-29-32-14-19(11-23(25)32)21-12-28-24(27)9-16(21)3/h9,11-15,18,20,30H,5-8,10H2,1-4H3,(H,31,34). The number of nitrogens with one attached hydrogen (secondary N) is 2. The largest absolute Gasteiger partial charge is 0.380 e. The molecule has 0 bridgehead atoms. The van der Waals surface area contributed by atoms with Crippen molar-refractivity contribution in [1.82, 2.24) is 19.9 Å². The molecule has 1 saturated carbocycles. The molecule has 0 unspecified atom stereocenters. The van der Waals surface area contributed by atoms with Gasteiger partial charge in [0.15, 0.2) is 0 Å². The summed E-state index contributed by atoms with van der Waals surface area (Å²) in [5.74, 6) is -0.0186. The van der Waals surface area contributed by atoms with Crippen molar-refractivity contribution in [2.24, 2.45) is 5.92 Å². The topological polar surface area (TPSA) is 88.4 Å². The molecule has 1 aliphatic rings. The van der Waals surface area contributed by atoms with Gasteiger partial charge in [0.25, 0.3) is 5.91 Å². The number of halogens is 1. The fourth-order valence-corrected chi connectivity index (χ4v) is 4.82. The smallest absolute Gasteiger partial charge is 0.255 e. The van der Waals surface area contributed by atoms with E-state index in [1.807, 2.05) is 33.0 Å². The molecule has 8 heteroatoms. The van der Waals surface area contributed by atoms with Crippen LogP contribution in [-0.2, 0) is 4.79 Å². The van der Waals surface area contributed by atoms with Gasteiger partial charge in [0, 0.05) is 42.0 Å². The molecule has 7 nitrogen and oxygen atoms in total. The van der Waals surface area contributed by atoms with Crippen LogP contribution < -0.4 is 10.6 Å². The van der Waals surface area contributed by atoms with Crippen LogP contribution >= 0.6 is 0 Å². The number of ketones is 1. The summed E-state index contributed by atoms with van der Waals surface area (Å²) < 4.78 is 15.2. The van der Waals surface area contributed by atoms with Gasteiger partial charge in [0.05, 0.1) is 23.0 Å². The van der Waals surface area contributed by atoms with Crippen molar-refractivity contribution in [1.29, 1.82) is 0 Å². The Morgan fingerprint density at radius 3 is 2.56 bits per heavy atom. The molecule has 0 aromatic carbocycles. The second kappa shape index (κ2) is 9.91. The normalized spacial score (nSPS) is 18.3. The van der Waals surface area contributed by atoms with Crippen LogP contribution in [0, 0.1) is 18.8 Å². The van der Waals surface area contributed by atoms with Crippen LogP contribution in [0.15, 0.2) is 30.7 Å². The summed E-state index contributed by atoms with van der Waals surface area (Å²) >= 11 is 0. The van der Waals surface area contributed by atoms with Crippen molar-refractivity contribution in [3.05, 3.63) is 47.8 Å². The predicted octanol–water partition coefficient (Wildman–Crippen LogP) is 4.93. The van der Waals surface area contributed by atoms with E-state index in [9.17, 15) is 14.0 Å². The van der Waals surface area contributed by atoms with Crippen LogP contribution in [0.25, 0.3) is 16.6 Å². The number of carbonyl (C=O) groups excluding carboxylic acids is 2. The number of amides is 1. The fraction of sp³-hybridized carbons (Fsp3) is 0.462. The Bertz CT molecular complexity index is 1210. The number of hydrogen-bond donors (Lipinski definition) is 2. The quantitative estimate of drug-likeness (QED) is 0.483. The van der Waals surface area contributed by atoms with Crippen molar-refractivity contribution in [2.75, 3.05) is 5.32 Å². The molecule has 0 radical (unpaired) electrons. The van der Waals surface area contributed by atoms with Crippen LogP contribution in [0.1, 0.15) is 68.8 Å².